The summed E-state index contributed by atoms with van der Waals surface area (Å²) in [5, 5.41) is 3.23. The van der Waals surface area contributed by atoms with E-state index in [1.807, 2.05) is 0 Å². The maximum Gasteiger partial charge on any atom is 0.578 e. The van der Waals surface area contributed by atoms with Crippen LogP contribution in [0.25, 0.3) is 22.7 Å². The number of aromatic nitrogens is 2. The van der Waals surface area contributed by atoms with E-state index in [4.69, 9.17) is 4.42 Å². The van der Waals surface area contributed by atoms with Crippen molar-refractivity contribution >= 4 is 52.7 Å². The van der Waals surface area contributed by atoms with E-state index in [-0.39, 0.29) is 32.9 Å². The van der Waals surface area contributed by atoms with Gasteiger partial charge in [0.05, 0.1) is 21.8 Å². The second-order valence-electron chi connectivity index (χ2n) is 6.61. The van der Waals surface area contributed by atoms with Gasteiger partial charge in [0.1, 0.15) is 11.2 Å². The van der Waals surface area contributed by atoms with Crippen LogP contribution in [0.4, 0.5) is 26.3 Å². The average Bonchev–Trinajstić information content (AvgIpc) is 3.19. The fourth-order valence-corrected chi connectivity index (χ4v) is 4.63. The number of halogens is 7. The number of sulfone groups is 1. The zero-order valence-corrected chi connectivity index (χ0v) is 20.4. The van der Waals surface area contributed by atoms with Crippen molar-refractivity contribution in [1.29, 1.82) is 0 Å². The highest BCUT2D eigenvalue weighted by Gasteiger charge is 2.46. The minimum absolute atomic E-state index is 0.0306. The van der Waals surface area contributed by atoms with Crippen molar-refractivity contribution in [3.63, 3.8) is 0 Å². The Morgan fingerprint density at radius 2 is 1.91 bits per heavy atom. The molecule has 0 aliphatic heterocycles. The summed E-state index contributed by atoms with van der Waals surface area (Å²) in [6, 6.07) is 3.95. The number of hydrogen-bond acceptors (Lipinski definition) is 8. The van der Waals surface area contributed by atoms with Crippen molar-refractivity contribution < 1.29 is 48.6 Å². The van der Waals surface area contributed by atoms with Crippen molar-refractivity contribution in [2.24, 2.45) is 5.16 Å². The quantitative estimate of drug-likeness (QED) is 0.161. The Hall–Kier alpha value is -2.37. The lowest BCUT2D eigenvalue weighted by molar-refractivity contribution is -0.173. The van der Waals surface area contributed by atoms with Gasteiger partial charge in [-0.3, -0.25) is 0 Å². The number of rotatable bonds is 7. The van der Waals surface area contributed by atoms with Gasteiger partial charge in [0.15, 0.2) is 24.9 Å². The van der Waals surface area contributed by atoms with Crippen LogP contribution in [0.3, 0.4) is 0 Å². The molecule has 0 bridgehead atoms. The highest BCUT2D eigenvalue weighted by Crippen LogP contribution is 2.34. The van der Waals surface area contributed by atoms with Crippen molar-refractivity contribution in [3.8, 4) is 11.6 Å². The van der Waals surface area contributed by atoms with E-state index in [1.54, 1.807) is 0 Å². The summed E-state index contributed by atoms with van der Waals surface area (Å²) in [7, 11) is -4.01. The summed E-state index contributed by atoms with van der Waals surface area (Å²) >= 11 is -0.437. The molecule has 0 spiro atoms. The number of fused-ring (bicyclic) bond motifs is 1. The Bertz CT molecular complexity index is 1380. The van der Waals surface area contributed by atoms with Gasteiger partial charge in [-0.2, -0.15) is 13.2 Å². The zero-order valence-electron chi connectivity index (χ0n) is 17.1. The smallest absolute Gasteiger partial charge is 0.578 e. The molecular weight excluding hydrogens is 596 g/mol. The molecule has 0 amide bonds. The van der Waals surface area contributed by atoms with Gasteiger partial charge in [0.2, 0.25) is 12.5 Å². The summed E-state index contributed by atoms with van der Waals surface area (Å²) in [5.41, 5.74) is -5.52. The van der Waals surface area contributed by atoms with Gasteiger partial charge in [-0.1, -0.05) is 12.1 Å². The van der Waals surface area contributed by atoms with Gasteiger partial charge in [0, 0.05) is 17.8 Å². The van der Waals surface area contributed by atoms with Gasteiger partial charge in [-0.25, -0.2) is 18.4 Å². The van der Waals surface area contributed by atoms with Gasteiger partial charge in [0.25, 0.3) is 0 Å². The summed E-state index contributed by atoms with van der Waals surface area (Å²) in [5.74, 6) is -0.769. The molecule has 0 radical (unpaired) electrons. The molecule has 0 N–H and O–H groups in total. The van der Waals surface area contributed by atoms with Crippen molar-refractivity contribution in [2.75, 3.05) is 12.4 Å². The van der Waals surface area contributed by atoms with Crippen LogP contribution in [0.15, 0.2) is 49.8 Å². The number of nitrogens with zero attached hydrogens (tertiary/aromatic N) is 3. The average molecular weight is 608 g/mol. The maximum absolute atomic E-state index is 12.8. The molecule has 1 aromatic carbocycles. The molecule has 190 valence electrons. The first-order chi connectivity index (χ1) is 16.1. The summed E-state index contributed by atoms with van der Waals surface area (Å²) in [6.07, 6.45) is -3.59. The summed E-state index contributed by atoms with van der Waals surface area (Å²) in [4.78, 5) is 11.1. The Morgan fingerprint density at radius 3 is 2.51 bits per heavy atom. The molecule has 0 fully saturated rings. The summed E-state index contributed by atoms with van der Waals surface area (Å²) in [6.45, 7) is -0.357. The molecule has 8 nitrogen and oxygen atoms in total. The van der Waals surface area contributed by atoms with E-state index in [0.29, 0.717) is 0 Å². The fraction of sp³-hybridized carbons (Fsp3) is 0.278. The SMILES string of the molecule is CCS(=O)(=O)c1cc(/C(Br)=N/OCC(F)(F)F)cnc1-c1nc2cc([S+]([O-])C(F)(F)F)ccc2o1. The van der Waals surface area contributed by atoms with Crippen LogP contribution in [-0.4, -0.2) is 51.6 Å². The standard InChI is InChI=1S/C18H12BrF6N3O5S2/c1-2-35(30,31)13-5-9(15(19)28-32-8-17(20,21)22)7-26-14(13)16-27-11-6-10(3-4-12(11)33-16)34(29)18(23,24)25/h3-7H,2,8H2,1H3/b28-15-. The van der Waals surface area contributed by atoms with E-state index in [0.717, 1.165) is 30.5 Å². The lowest BCUT2D eigenvalue weighted by atomic mass is 10.2. The number of alkyl halides is 6. The van der Waals surface area contributed by atoms with Crippen LogP contribution in [0.5, 0.6) is 0 Å². The molecule has 3 rings (SSSR count). The van der Waals surface area contributed by atoms with E-state index in [9.17, 15) is 39.3 Å². The van der Waals surface area contributed by atoms with Crippen LogP contribution in [0.2, 0.25) is 0 Å². The predicted molar refractivity (Wildman–Crippen MR) is 115 cm³/mol. The minimum Gasteiger partial charge on any atom is -0.604 e. The number of oxazole rings is 1. The van der Waals surface area contributed by atoms with Crippen LogP contribution < -0.4 is 0 Å². The molecule has 0 aliphatic carbocycles. The van der Waals surface area contributed by atoms with Crippen LogP contribution in [0, 0.1) is 0 Å². The molecule has 0 saturated carbocycles. The van der Waals surface area contributed by atoms with E-state index < -0.39 is 54.8 Å². The maximum atomic E-state index is 12.8. The van der Waals surface area contributed by atoms with Gasteiger partial charge >= 0.3 is 11.7 Å². The zero-order chi connectivity index (χ0) is 26.2. The second kappa shape index (κ2) is 9.94. The third kappa shape index (κ3) is 6.45. The van der Waals surface area contributed by atoms with Gasteiger partial charge < -0.3 is 13.8 Å². The van der Waals surface area contributed by atoms with Crippen molar-refractivity contribution in [1.82, 2.24) is 9.97 Å². The molecule has 2 aromatic heterocycles. The molecule has 1 unspecified atom stereocenters. The Balaban J connectivity index is 2.06. The molecule has 0 aliphatic rings. The van der Waals surface area contributed by atoms with E-state index in [1.165, 1.54) is 6.92 Å². The topological polar surface area (TPSA) is 118 Å². The number of pyridine rings is 1. The highest BCUT2D eigenvalue weighted by molar-refractivity contribution is 9.18. The van der Waals surface area contributed by atoms with Gasteiger partial charge in [-0.15, -0.1) is 13.2 Å². The van der Waals surface area contributed by atoms with E-state index in [2.05, 4.69) is 35.9 Å². The third-order valence-electron chi connectivity index (χ3n) is 4.16. The lowest BCUT2D eigenvalue weighted by Gasteiger charge is -2.11. The lowest BCUT2D eigenvalue weighted by Crippen LogP contribution is -2.23. The van der Waals surface area contributed by atoms with E-state index >= 15 is 0 Å². The molecule has 2 heterocycles. The van der Waals surface area contributed by atoms with Crippen LogP contribution in [-0.2, 0) is 25.9 Å². The molecule has 1 atom stereocenters. The van der Waals surface area contributed by atoms with Crippen molar-refractivity contribution in [3.05, 3.63) is 36.0 Å². The Labute approximate surface area is 204 Å². The Kier molecular flexibility index (Phi) is 7.73. The highest BCUT2D eigenvalue weighted by atomic mass is 79.9. The first kappa shape index (κ1) is 27.2. The molecular formula is C18H12BrF6N3O5S2. The normalized spacial score (nSPS) is 14.4. The monoisotopic (exact) mass is 607 g/mol. The summed E-state index contributed by atoms with van der Waals surface area (Å²) < 4.78 is 117. The Morgan fingerprint density at radius 1 is 1.23 bits per heavy atom. The number of benzene rings is 1. The first-order valence-corrected chi connectivity index (χ1v) is 12.8. The molecule has 35 heavy (non-hydrogen) atoms. The number of oxime groups is 1. The molecule has 3 aromatic rings. The first-order valence-electron chi connectivity index (χ1n) is 9.17. The number of hydrogen-bond donors (Lipinski definition) is 0. The predicted octanol–water partition coefficient (Wildman–Crippen LogP) is 4.95. The van der Waals surface area contributed by atoms with Crippen LogP contribution in [0.1, 0.15) is 12.5 Å². The molecule has 17 heteroatoms. The fourth-order valence-electron chi connectivity index (χ4n) is 2.58. The third-order valence-corrected chi connectivity index (χ3v) is 7.61. The van der Waals surface area contributed by atoms with Crippen molar-refractivity contribution in [2.45, 2.75) is 28.4 Å². The molecule has 0 saturated heterocycles. The largest absolute Gasteiger partial charge is 0.604 e. The van der Waals surface area contributed by atoms with Gasteiger partial charge in [-0.05, 0) is 34.1 Å². The second-order valence-corrected chi connectivity index (χ2v) is 11.1. The minimum atomic E-state index is -5.00. The van der Waals surface area contributed by atoms with Crippen LogP contribution >= 0.6 is 15.9 Å².